The molecule has 84 valence electrons. The number of halogens is 2. The zero-order chi connectivity index (χ0) is 11.3. The van der Waals surface area contributed by atoms with Crippen LogP contribution in [0.1, 0.15) is 6.92 Å². The second kappa shape index (κ2) is 6.36. The van der Waals surface area contributed by atoms with Crippen molar-refractivity contribution in [2.45, 2.75) is 6.92 Å². The molecular formula is C10H13Cl2NOS. The molecule has 0 saturated carbocycles. The van der Waals surface area contributed by atoms with Crippen molar-refractivity contribution in [2.75, 3.05) is 23.8 Å². The first-order valence-electron chi connectivity index (χ1n) is 4.60. The summed E-state index contributed by atoms with van der Waals surface area (Å²) in [6.45, 7) is 2.70. The van der Waals surface area contributed by atoms with Gasteiger partial charge in [-0.3, -0.25) is 0 Å². The van der Waals surface area contributed by atoms with E-state index >= 15 is 0 Å². The van der Waals surface area contributed by atoms with Gasteiger partial charge in [0.05, 0.1) is 16.7 Å². The summed E-state index contributed by atoms with van der Waals surface area (Å²) in [6.07, 6.45) is 0. The van der Waals surface area contributed by atoms with Crippen LogP contribution in [0, 0.1) is 0 Å². The SMILES string of the molecule is CCSCCOc1c(Cl)cc(N)cc1Cl. The van der Waals surface area contributed by atoms with Crippen LogP contribution in [-0.4, -0.2) is 18.1 Å². The number of anilines is 1. The van der Waals surface area contributed by atoms with Crippen molar-refractivity contribution in [1.82, 2.24) is 0 Å². The lowest BCUT2D eigenvalue weighted by Crippen LogP contribution is -2.01. The van der Waals surface area contributed by atoms with Crippen LogP contribution in [0.25, 0.3) is 0 Å². The van der Waals surface area contributed by atoms with Gasteiger partial charge in [-0.15, -0.1) is 0 Å². The highest BCUT2D eigenvalue weighted by molar-refractivity contribution is 7.99. The average Bonchev–Trinajstić information content (AvgIpc) is 2.15. The van der Waals surface area contributed by atoms with E-state index in [1.54, 1.807) is 23.9 Å². The zero-order valence-electron chi connectivity index (χ0n) is 8.43. The number of benzene rings is 1. The van der Waals surface area contributed by atoms with E-state index in [1.807, 2.05) is 0 Å². The Morgan fingerprint density at radius 3 is 2.47 bits per heavy atom. The van der Waals surface area contributed by atoms with Gasteiger partial charge in [0.2, 0.25) is 0 Å². The molecule has 2 nitrogen and oxygen atoms in total. The van der Waals surface area contributed by atoms with Crippen molar-refractivity contribution in [2.24, 2.45) is 0 Å². The standard InChI is InChI=1S/C10H13Cl2NOS/c1-2-15-4-3-14-10-8(11)5-7(13)6-9(10)12/h5-6H,2-4,13H2,1H3. The third-order valence-corrected chi connectivity index (χ3v) is 3.12. The fourth-order valence-corrected chi connectivity index (χ4v) is 2.17. The normalized spacial score (nSPS) is 10.3. The van der Waals surface area contributed by atoms with Crippen LogP contribution in [-0.2, 0) is 0 Å². The van der Waals surface area contributed by atoms with Gasteiger partial charge in [-0.25, -0.2) is 0 Å². The molecule has 0 aliphatic carbocycles. The van der Waals surface area contributed by atoms with E-state index in [2.05, 4.69) is 6.92 Å². The van der Waals surface area contributed by atoms with Gasteiger partial charge in [0, 0.05) is 11.4 Å². The van der Waals surface area contributed by atoms with Crippen molar-refractivity contribution in [3.8, 4) is 5.75 Å². The van der Waals surface area contributed by atoms with Crippen molar-refractivity contribution in [3.63, 3.8) is 0 Å². The largest absolute Gasteiger partial charge is 0.490 e. The van der Waals surface area contributed by atoms with Crippen molar-refractivity contribution in [3.05, 3.63) is 22.2 Å². The molecule has 0 bridgehead atoms. The molecule has 1 aromatic rings. The Hall–Kier alpha value is -0.250. The van der Waals surface area contributed by atoms with Crippen LogP contribution in [0.3, 0.4) is 0 Å². The number of hydrogen-bond donors (Lipinski definition) is 1. The number of thioether (sulfide) groups is 1. The van der Waals surface area contributed by atoms with Gasteiger partial charge in [-0.2, -0.15) is 11.8 Å². The predicted molar refractivity (Wildman–Crippen MR) is 69.4 cm³/mol. The minimum atomic E-state index is 0.460. The molecule has 1 aromatic carbocycles. The maximum Gasteiger partial charge on any atom is 0.156 e. The monoisotopic (exact) mass is 265 g/mol. The maximum absolute atomic E-state index is 5.95. The molecule has 0 amide bonds. The number of nitrogen functional groups attached to an aromatic ring is 1. The van der Waals surface area contributed by atoms with Crippen molar-refractivity contribution < 1.29 is 4.74 Å². The van der Waals surface area contributed by atoms with Crippen molar-refractivity contribution in [1.29, 1.82) is 0 Å². The Labute approximate surface area is 104 Å². The Balaban J connectivity index is 2.60. The Morgan fingerprint density at radius 2 is 1.93 bits per heavy atom. The average molecular weight is 266 g/mol. The summed E-state index contributed by atoms with van der Waals surface area (Å²) >= 11 is 13.7. The zero-order valence-corrected chi connectivity index (χ0v) is 10.8. The lowest BCUT2D eigenvalue weighted by molar-refractivity contribution is 0.344. The second-order valence-electron chi connectivity index (χ2n) is 2.86. The van der Waals surface area contributed by atoms with Crippen LogP contribution in [0.2, 0.25) is 10.0 Å². The van der Waals surface area contributed by atoms with Gasteiger partial charge in [-0.05, 0) is 17.9 Å². The minimum absolute atomic E-state index is 0.460. The van der Waals surface area contributed by atoms with E-state index < -0.39 is 0 Å². The molecule has 0 aliphatic heterocycles. The summed E-state index contributed by atoms with van der Waals surface area (Å²) in [5.41, 5.74) is 6.12. The Kier molecular flexibility index (Phi) is 5.43. The van der Waals surface area contributed by atoms with E-state index in [0.717, 1.165) is 11.5 Å². The van der Waals surface area contributed by atoms with Gasteiger partial charge in [0.25, 0.3) is 0 Å². The first-order chi connectivity index (χ1) is 7.15. The molecule has 2 N–H and O–H groups in total. The first-order valence-corrected chi connectivity index (χ1v) is 6.51. The topological polar surface area (TPSA) is 35.2 Å². The lowest BCUT2D eigenvalue weighted by Gasteiger charge is -2.10. The summed E-state index contributed by atoms with van der Waals surface area (Å²) in [4.78, 5) is 0. The molecule has 0 radical (unpaired) electrons. The third-order valence-electron chi connectivity index (χ3n) is 1.70. The summed E-state index contributed by atoms with van der Waals surface area (Å²) < 4.78 is 5.48. The molecule has 0 unspecified atom stereocenters. The molecule has 0 fully saturated rings. The fourth-order valence-electron chi connectivity index (χ4n) is 1.06. The van der Waals surface area contributed by atoms with E-state index in [4.69, 9.17) is 33.7 Å². The van der Waals surface area contributed by atoms with E-state index in [-0.39, 0.29) is 0 Å². The van der Waals surface area contributed by atoms with Crippen LogP contribution in [0.5, 0.6) is 5.75 Å². The smallest absolute Gasteiger partial charge is 0.156 e. The Bertz CT molecular complexity index is 310. The number of hydrogen-bond acceptors (Lipinski definition) is 3. The summed E-state index contributed by atoms with van der Waals surface area (Å²) in [5, 5.41) is 0.919. The third kappa shape index (κ3) is 4.01. The van der Waals surface area contributed by atoms with Gasteiger partial charge in [-0.1, -0.05) is 30.1 Å². The van der Waals surface area contributed by atoms with Crippen molar-refractivity contribution >= 4 is 40.7 Å². The first kappa shape index (κ1) is 12.8. The van der Waals surface area contributed by atoms with Crippen LogP contribution in [0.15, 0.2) is 12.1 Å². The fraction of sp³-hybridized carbons (Fsp3) is 0.400. The molecule has 0 saturated heterocycles. The minimum Gasteiger partial charge on any atom is -0.490 e. The Morgan fingerprint density at radius 1 is 1.33 bits per heavy atom. The number of rotatable bonds is 5. The second-order valence-corrected chi connectivity index (χ2v) is 5.07. The molecule has 15 heavy (non-hydrogen) atoms. The quantitative estimate of drug-likeness (QED) is 0.651. The molecule has 5 heteroatoms. The van der Waals surface area contributed by atoms with Gasteiger partial charge < -0.3 is 10.5 Å². The molecule has 0 heterocycles. The number of nitrogens with two attached hydrogens (primary N) is 1. The van der Waals surface area contributed by atoms with Crippen LogP contribution >= 0.6 is 35.0 Å². The van der Waals surface area contributed by atoms with Gasteiger partial charge in [0.1, 0.15) is 0 Å². The van der Waals surface area contributed by atoms with E-state index in [0.29, 0.717) is 28.1 Å². The van der Waals surface area contributed by atoms with E-state index in [1.165, 1.54) is 0 Å². The lowest BCUT2D eigenvalue weighted by atomic mass is 10.3. The molecule has 0 aromatic heterocycles. The molecule has 0 spiro atoms. The molecule has 0 atom stereocenters. The molecular weight excluding hydrogens is 253 g/mol. The predicted octanol–water partition coefficient (Wildman–Crippen LogP) is 3.71. The van der Waals surface area contributed by atoms with Gasteiger partial charge >= 0.3 is 0 Å². The molecule has 1 rings (SSSR count). The highest BCUT2D eigenvalue weighted by atomic mass is 35.5. The summed E-state index contributed by atoms with van der Waals surface area (Å²) in [6, 6.07) is 3.27. The highest BCUT2D eigenvalue weighted by Crippen LogP contribution is 2.35. The van der Waals surface area contributed by atoms with E-state index in [9.17, 15) is 0 Å². The highest BCUT2D eigenvalue weighted by Gasteiger charge is 2.08. The maximum atomic E-state index is 5.95. The molecule has 0 aliphatic rings. The van der Waals surface area contributed by atoms with Crippen LogP contribution < -0.4 is 10.5 Å². The van der Waals surface area contributed by atoms with Crippen LogP contribution in [0.4, 0.5) is 5.69 Å². The summed E-state index contributed by atoms with van der Waals surface area (Å²) in [5.74, 6) is 2.52. The van der Waals surface area contributed by atoms with Gasteiger partial charge in [0.15, 0.2) is 5.75 Å². The summed E-state index contributed by atoms with van der Waals surface area (Å²) in [7, 11) is 0. The number of ether oxygens (including phenoxy) is 1.